The van der Waals surface area contributed by atoms with Crippen LogP contribution in [0.25, 0.3) is 0 Å². The van der Waals surface area contributed by atoms with Gasteiger partial charge in [-0.3, -0.25) is 14.5 Å². The Morgan fingerprint density at radius 1 is 1.05 bits per heavy atom. The quantitative estimate of drug-likeness (QED) is 0.466. The summed E-state index contributed by atoms with van der Waals surface area (Å²) in [6, 6.07) is 12.4. The number of aromatic carboxylic acids is 1. The van der Waals surface area contributed by atoms with Crippen LogP contribution in [0.4, 0.5) is 16.2 Å². The molecule has 4 rings (SSSR count). The minimum atomic E-state index is -1.07. The van der Waals surface area contributed by atoms with E-state index < -0.39 is 29.6 Å². The Morgan fingerprint density at radius 2 is 1.72 bits per heavy atom. The molecule has 11 nitrogen and oxygen atoms in total. The molecule has 0 spiro atoms. The molecule has 2 saturated heterocycles. The average Bonchev–Trinajstić information content (AvgIpc) is 2.82. The van der Waals surface area contributed by atoms with E-state index >= 15 is 0 Å². The van der Waals surface area contributed by atoms with E-state index in [1.807, 2.05) is 24.3 Å². The number of benzene rings is 2. The van der Waals surface area contributed by atoms with Crippen molar-refractivity contribution in [2.45, 2.75) is 44.9 Å². The van der Waals surface area contributed by atoms with Gasteiger partial charge in [-0.05, 0) is 62.7 Å². The number of piperazine rings is 1. The lowest BCUT2D eigenvalue weighted by Gasteiger charge is -2.42. The lowest BCUT2D eigenvalue weighted by molar-refractivity contribution is -0.127. The van der Waals surface area contributed by atoms with Crippen molar-refractivity contribution in [3.63, 3.8) is 0 Å². The predicted molar refractivity (Wildman–Crippen MR) is 144 cm³/mol. The van der Waals surface area contributed by atoms with Gasteiger partial charge < -0.3 is 30.1 Å². The van der Waals surface area contributed by atoms with Crippen molar-refractivity contribution in [1.29, 1.82) is 0 Å². The summed E-state index contributed by atoms with van der Waals surface area (Å²) in [5, 5.41) is 14.4. The number of carboxylic acid groups (broad SMARTS) is 1. The minimum absolute atomic E-state index is 0.0265. The van der Waals surface area contributed by atoms with E-state index in [-0.39, 0.29) is 17.9 Å². The van der Waals surface area contributed by atoms with Gasteiger partial charge in [0.25, 0.3) is 0 Å². The second-order valence-electron chi connectivity index (χ2n) is 10.6. The van der Waals surface area contributed by atoms with Crippen LogP contribution in [0.1, 0.15) is 36.7 Å². The summed E-state index contributed by atoms with van der Waals surface area (Å²) >= 11 is 0. The number of hydrogen-bond acceptors (Lipinski definition) is 7. The normalized spacial score (nSPS) is 17.2. The van der Waals surface area contributed by atoms with Gasteiger partial charge in [-0.25, -0.2) is 9.59 Å². The number of carbonyl (C=O) groups is 4. The van der Waals surface area contributed by atoms with Crippen molar-refractivity contribution in [3.05, 3.63) is 59.7 Å². The van der Waals surface area contributed by atoms with Gasteiger partial charge in [0.05, 0.1) is 31.4 Å². The molecule has 2 aromatic carbocycles. The van der Waals surface area contributed by atoms with Gasteiger partial charge >= 0.3 is 12.1 Å². The largest absolute Gasteiger partial charge is 0.478 e. The zero-order chi connectivity index (χ0) is 28.2. The van der Waals surface area contributed by atoms with Crippen molar-refractivity contribution in [1.82, 2.24) is 10.2 Å². The molecule has 3 N–H and O–H groups in total. The monoisotopic (exact) mass is 538 g/mol. The van der Waals surface area contributed by atoms with Gasteiger partial charge in [-0.15, -0.1) is 0 Å². The van der Waals surface area contributed by atoms with Crippen molar-refractivity contribution in [2.75, 3.05) is 43.1 Å². The van der Waals surface area contributed by atoms with E-state index in [0.717, 1.165) is 17.8 Å². The molecular formula is C28H34N4O7. The first-order valence-corrected chi connectivity index (χ1v) is 12.8. The van der Waals surface area contributed by atoms with E-state index in [1.165, 1.54) is 24.3 Å². The highest BCUT2D eigenvalue weighted by atomic mass is 16.6. The number of rotatable bonds is 8. The summed E-state index contributed by atoms with van der Waals surface area (Å²) in [5.41, 5.74) is 1.28. The van der Waals surface area contributed by atoms with Crippen molar-refractivity contribution in [2.24, 2.45) is 0 Å². The number of nitrogens with one attached hydrogen (secondary N) is 2. The molecule has 39 heavy (non-hydrogen) atoms. The van der Waals surface area contributed by atoms with Crippen molar-refractivity contribution in [3.8, 4) is 0 Å². The summed E-state index contributed by atoms with van der Waals surface area (Å²) in [4.78, 5) is 53.4. The third-order valence-electron chi connectivity index (χ3n) is 6.48. The number of carboxylic acids is 1. The van der Waals surface area contributed by atoms with Gasteiger partial charge in [0.15, 0.2) is 0 Å². The molecule has 208 valence electrons. The Balaban J connectivity index is 1.43. The fourth-order valence-electron chi connectivity index (χ4n) is 4.34. The number of carbonyl (C=O) groups excluding carboxylic acids is 3. The smallest absolute Gasteiger partial charge is 0.408 e. The van der Waals surface area contributed by atoms with Crippen LogP contribution in [0.2, 0.25) is 0 Å². The highest BCUT2D eigenvalue weighted by Crippen LogP contribution is 2.22. The number of anilines is 2. The van der Waals surface area contributed by atoms with E-state index in [4.69, 9.17) is 14.6 Å². The Labute approximate surface area is 227 Å². The lowest BCUT2D eigenvalue weighted by atomic mass is 10.0. The van der Waals surface area contributed by atoms with Crippen molar-refractivity contribution < 1.29 is 33.8 Å². The molecule has 2 heterocycles. The number of alkyl carbamates (subject to hydrolysis) is 1. The SMILES string of the molecule is CC(C)(C)OC(=O)N[C@@H](Cc1ccc(N2CCN(C3COC3)CC2=O)cc1)C(=O)Nc1ccc(C(=O)O)cc1. The maximum absolute atomic E-state index is 13.1. The van der Waals surface area contributed by atoms with Crippen molar-refractivity contribution >= 4 is 35.3 Å². The van der Waals surface area contributed by atoms with E-state index in [9.17, 15) is 19.2 Å². The molecule has 0 aliphatic carbocycles. The topological polar surface area (TPSA) is 138 Å². The zero-order valence-electron chi connectivity index (χ0n) is 22.3. The van der Waals surface area contributed by atoms with Crippen LogP contribution in [-0.2, 0) is 25.5 Å². The maximum Gasteiger partial charge on any atom is 0.408 e. The van der Waals surface area contributed by atoms with Crippen LogP contribution in [0.15, 0.2) is 48.5 Å². The van der Waals surface area contributed by atoms with Gasteiger partial charge in [-0.1, -0.05) is 12.1 Å². The number of hydrogen-bond donors (Lipinski definition) is 3. The molecule has 0 radical (unpaired) electrons. The van der Waals surface area contributed by atoms with E-state index in [2.05, 4.69) is 15.5 Å². The molecule has 2 aromatic rings. The predicted octanol–water partition coefficient (Wildman–Crippen LogP) is 2.51. The first kappa shape index (κ1) is 28.1. The maximum atomic E-state index is 13.1. The molecule has 3 amide bonds. The van der Waals surface area contributed by atoms with Crippen LogP contribution >= 0.6 is 0 Å². The van der Waals surface area contributed by atoms with Gasteiger partial charge in [0.1, 0.15) is 11.6 Å². The number of ether oxygens (including phenoxy) is 2. The Morgan fingerprint density at radius 3 is 2.26 bits per heavy atom. The molecular weight excluding hydrogens is 504 g/mol. The molecule has 0 saturated carbocycles. The minimum Gasteiger partial charge on any atom is -0.478 e. The highest BCUT2D eigenvalue weighted by molar-refractivity contribution is 5.97. The van der Waals surface area contributed by atoms with Gasteiger partial charge in [0.2, 0.25) is 11.8 Å². The second kappa shape index (κ2) is 11.8. The molecule has 2 aliphatic rings. The molecule has 2 fully saturated rings. The molecule has 0 unspecified atom stereocenters. The molecule has 1 atom stereocenters. The van der Waals surface area contributed by atoms with Crippen LogP contribution in [0.3, 0.4) is 0 Å². The second-order valence-corrected chi connectivity index (χ2v) is 10.6. The van der Waals surface area contributed by atoms with E-state index in [0.29, 0.717) is 38.0 Å². The molecule has 11 heteroatoms. The summed E-state index contributed by atoms with van der Waals surface area (Å²) < 4.78 is 10.6. The first-order chi connectivity index (χ1) is 18.5. The summed E-state index contributed by atoms with van der Waals surface area (Å²) in [5.74, 6) is -1.53. The Hall–Kier alpha value is -3.96. The third-order valence-corrected chi connectivity index (χ3v) is 6.48. The average molecular weight is 539 g/mol. The van der Waals surface area contributed by atoms with Crippen LogP contribution in [0.5, 0.6) is 0 Å². The fraction of sp³-hybridized carbons (Fsp3) is 0.429. The number of amides is 3. The summed E-state index contributed by atoms with van der Waals surface area (Å²) in [7, 11) is 0. The Bertz CT molecular complexity index is 1200. The lowest BCUT2D eigenvalue weighted by Crippen LogP contribution is -2.58. The fourth-order valence-corrected chi connectivity index (χ4v) is 4.34. The van der Waals surface area contributed by atoms with Crippen LogP contribution < -0.4 is 15.5 Å². The van der Waals surface area contributed by atoms with Gasteiger partial charge in [0, 0.05) is 30.9 Å². The summed E-state index contributed by atoms with van der Waals surface area (Å²) in [6.07, 6.45) is -0.567. The van der Waals surface area contributed by atoms with Crippen LogP contribution in [0, 0.1) is 0 Å². The first-order valence-electron chi connectivity index (χ1n) is 12.8. The zero-order valence-corrected chi connectivity index (χ0v) is 22.3. The molecule has 0 aromatic heterocycles. The standard InChI is InChI=1S/C28H34N4O7/c1-28(2,3)39-27(37)30-23(25(34)29-20-8-6-19(7-9-20)26(35)36)14-18-4-10-21(11-5-18)32-13-12-31(15-24(32)33)22-16-38-17-22/h4-11,22-23H,12-17H2,1-3H3,(H,29,34)(H,30,37)(H,35,36)/t23-/m0/s1. The third kappa shape index (κ3) is 7.55. The highest BCUT2D eigenvalue weighted by Gasteiger charge is 2.33. The van der Waals surface area contributed by atoms with E-state index in [1.54, 1.807) is 25.7 Å². The summed E-state index contributed by atoms with van der Waals surface area (Å²) in [6.45, 7) is 8.23. The van der Waals surface area contributed by atoms with Gasteiger partial charge in [-0.2, -0.15) is 0 Å². The van der Waals surface area contributed by atoms with Crippen LogP contribution in [-0.4, -0.2) is 84.4 Å². The molecule has 2 aliphatic heterocycles. The molecule has 0 bridgehead atoms. The Kier molecular flexibility index (Phi) is 8.51. The number of nitrogens with zero attached hydrogens (tertiary/aromatic N) is 2.